The highest BCUT2D eigenvalue weighted by atomic mass is 19.1. The molecule has 2 aromatic rings. The Morgan fingerprint density at radius 2 is 1.94 bits per heavy atom. The maximum absolute atomic E-state index is 14.8. The van der Waals surface area contributed by atoms with Crippen LogP contribution in [0.25, 0.3) is 0 Å². The maximum Gasteiger partial charge on any atom is 0.410 e. The number of aromatic nitrogens is 1. The molecule has 3 atom stereocenters. The fourth-order valence-electron chi connectivity index (χ4n) is 4.89. The molecule has 3 unspecified atom stereocenters. The second-order valence-corrected chi connectivity index (χ2v) is 9.72. The molecule has 1 saturated carbocycles. The van der Waals surface area contributed by atoms with Crippen LogP contribution >= 0.6 is 0 Å². The molecule has 1 aliphatic carbocycles. The number of hydrogen-bond donors (Lipinski definition) is 1. The van der Waals surface area contributed by atoms with Crippen molar-refractivity contribution in [1.82, 2.24) is 15.2 Å². The Morgan fingerprint density at radius 1 is 1.18 bits per heavy atom. The van der Waals surface area contributed by atoms with E-state index in [0.717, 1.165) is 5.56 Å². The summed E-state index contributed by atoms with van der Waals surface area (Å²) in [5.41, 5.74) is -0.0693. The van der Waals surface area contributed by atoms with Crippen LogP contribution in [0.4, 0.5) is 14.0 Å². The summed E-state index contributed by atoms with van der Waals surface area (Å²) < 4.78 is 25.7. The number of halogens is 1. The van der Waals surface area contributed by atoms with Gasteiger partial charge in [-0.3, -0.25) is 4.98 Å². The van der Waals surface area contributed by atoms with Crippen LogP contribution in [0.15, 0.2) is 48.7 Å². The lowest BCUT2D eigenvalue weighted by Gasteiger charge is -2.29. The summed E-state index contributed by atoms with van der Waals surface area (Å²) in [5, 5.41) is 2.82. The number of fused-ring (bicyclic) bond motifs is 1. The van der Waals surface area contributed by atoms with E-state index < -0.39 is 22.9 Å². The van der Waals surface area contributed by atoms with Gasteiger partial charge in [0.25, 0.3) is 0 Å². The number of piperidine rings is 1. The minimum Gasteiger partial charge on any atom is -0.445 e. The average molecular weight is 456 g/mol. The largest absolute Gasteiger partial charge is 0.445 e. The normalized spacial score (nSPS) is 23.9. The SMILES string of the molecule is CC(C)(C)OC(=O)N1CCC2C(C1)C2(CNC(=O)OCc1ccccc1)c1ncccc1F. The molecule has 4 rings (SSSR count). The summed E-state index contributed by atoms with van der Waals surface area (Å²) in [6.45, 7) is 6.76. The van der Waals surface area contributed by atoms with E-state index in [1.165, 1.54) is 6.07 Å². The molecule has 33 heavy (non-hydrogen) atoms. The van der Waals surface area contributed by atoms with Crippen LogP contribution in [0.3, 0.4) is 0 Å². The van der Waals surface area contributed by atoms with Gasteiger partial charge in [-0.15, -0.1) is 0 Å². The minimum atomic E-state index is -0.687. The van der Waals surface area contributed by atoms with Gasteiger partial charge in [-0.1, -0.05) is 30.3 Å². The van der Waals surface area contributed by atoms with Crippen molar-refractivity contribution >= 4 is 12.2 Å². The van der Waals surface area contributed by atoms with Crippen molar-refractivity contribution in [3.63, 3.8) is 0 Å². The van der Waals surface area contributed by atoms with Crippen molar-refractivity contribution in [3.05, 3.63) is 65.7 Å². The predicted octanol–water partition coefficient (Wildman–Crippen LogP) is 4.27. The van der Waals surface area contributed by atoms with Gasteiger partial charge in [-0.2, -0.15) is 0 Å². The summed E-state index contributed by atoms with van der Waals surface area (Å²) in [6.07, 6.45) is 1.30. The lowest BCUT2D eigenvalue weighted by molar-refractivity contribution is 0.0206. The fraction of sp³-hybridized carbons (Fsp3) is 0.480. The number of amides is 2. The van der Waals surface area contributed by atoms with Crippen molar-refractivity contribution in [2.45, 2.75) is 44.8 Å². The monoisotopic (exact) mass is 455 g/mol. The third-order valence-corrected chi connectivity index (χ3v) is 6.42. The zero-order valence-electron chi connectivity index (χ0n) is 19.2. The Morgan fingerprint density at radius 3 is 2.64 bits per heavy atom. The van der Waals surface area contributed by atoms with Gasteiger partial charge in [0.15, 0.2) is 0 Å². The second-order valence-electron chi connectivity index (χ2n) is 9.72. The van der Waals surface area contributed by atoms with Crippen LogP contribution in [-0.2, 0) is 21.5 Å². The van der Waals surface area contributed by atoms with Gasteiger partial charge in [0.1, 0.15) is 18.0 Å². The summed E-state index contributed by atoms with van der Waals surface area (Å²) in [6, 6.07) is 12.3. The number of rotatable bonds is 5. The first-order valence-electron chi connectivity index (χ1n) is 11.2. The number of hydrogen-bond acceptors (Lipinski definition) is 5. The summed E-state index contributed by atoms with van der Waals surface area (Å²) in [5.74, 6) is -0.331. The van der Waals surface area contributed by atoms with Crippen LogP contribution in [0.5, 0.6) is 0 Å². The van der Waals surface area contributed by atoms with Gasteiger partial charge in [0.05, 0.1) is 5.69 Å². The molecule has 1 N–H and O–H groups in total. The topological polar surface area (TPSA) is 80.8 Å². The van der Waals surface area contributed by atoms with Crippen molar-refractivity contribution in [1.29, 1.82) is 0 Å². The number of alkyl carbamates (subject to hydrolysis) is 1. The summed E-state index contributed by atoms with van der Waals surface area (Å²) >= 11 is 0. The molecule has 7 nitrogen and oxygen atoms in total. The van der Waals surface area contributed by atoms with E-state index in [9.17, 15) is 14.0 Å². The lowest BCUT2D eigenvalue weighted by Crippen LogP contribution is -2.41. The molecule has 1 aromatic heterocycles. The molecular formula is C25H30FN3O4. The molecular weight excluding hydrogens is 425 g/mol. The van der Waals surface area contributed by atoms with Gasteiger partial charge in [0.2, 0.25) is 0 Å². The standard InChI is InChI=1S/C25H30FN3O4/c1-24(2,3)33-23(31)29-13-11-18-19(14-29)25(18,21-20(26)10-7-12-27-21)16-28-22(30)32-15-17-8-5-4-6-9-17/h4-10,12,18-19H,11,13-16H2,1-3H3,(H,28,30). The highest BCUT2D eigenvalue weighted by Gasteiger charge is 2.68. The number of pyridine rings is 1. The molecule has 0 radical (unpaired) electrons. The number of benzene rings is 1. The van der Waals surface area contributed by atoms with Gasteiger partial charge < -0.3 is 19.7 Å². The molecule has 8 heteroatoms. The minimum absolute atomic E-state index is 0.0300. The number of nitrogens with zero attached hydrogens (tertiary/aromatic N) is 2. The maximum atomic E-state index is 14.8. The first-order valence-corrected chi connectivity index (χ1v) is 11.2. The number of ether oxygens (including phenoxy) is 2. The van der Waals surface area contributed by atoms with Gasteiger partial charge in [-0.05, 0) is 56.7 Å². The Labute approximate surface area is 193 Å². The number of likely N-dealkylation sites (tertiary alicyclic amines) is 1. The molecule has 2 fully saturated rings. The fourth-order valence-corrected chi connectivity index (χ4v) is 4.89. The van der Waals surface area contributed by atoms with Crippen LogP contribution < -0.4 is 5.32 Å². The Balaban J connectivity index is 1.46. The molecule has 1 aliphatic heterocycles. The van der Waals surface area contributed by atoms with Crippen molar-refractivity contribution in [3.8, 4) is 0 Å². The van der Waals surface area contributed by atoms with Gasteiger partial charge in [0, 0.05) is 31.2 Å². The van der Waals surface area contributed by atoms with E-state index in [1.807, 2.05) is 51.1 Å². The van der Waals surface area contributed by atoms with Crippen molar-refractivity contribution in [2.24, 2.45) is 11.8 Å². The third-order valence-electron chi connectivity index (χ3n) is 6.42. The van der Waals surface area contributed by atoms with E-state index >= 15 is 0 Å². The molecule has 2 heterocycles. The molecule has 2 amide bonds. The third kappa shape index (κ3) is 4.94. The van der Waals surface area contributed by atoms with Crippen LogP contribution in [0.1, 0.15) is 38.4 Å². The first-order chi connectivity index (χ1) is 15.7. The van der Waals surface area contributed by atoms with Crippen molar-refractivity contribution < 1.29 is 23.5 Å². The summed E-state index contributed by atoms with van der Waals surface area (Å²) in [4.78, 5) is 31.0. The molecule has 0 spiro atoms. The summed E-state index contributed by atoms with van der Waals surface area (Å²) in [7, 11) is 0. The molecule has 1 saturated heterocycles. The molecule has 176 valence electrons. The zero-order chi connectivity index (χ0) is 23.6. The van der Waals surface area contributed by atoms with E-state index in [2.05, 4.69) is 10.3 Å². The number of nitrogens with one attached hydrogen (secondary N) is 1. The average Bonchev–Trinajstić information content (AvgIpc) is 3.43. The van der Waals surface area contributed by atoms with E-state index in [0.29, 0.717) is 25.2 Å². The van der Waals surface area contributed by atoms with Crippen LogP contribution in [0.2, 0.25) is 0 Å². The smallest absolute Gasteiger partial charge is 0.410 e. The van der Waals surface area contributed by atoms with Crippen LogP contribution in [-0.4, -0.2) is 47.3 Å². The highest BCUT2D eigenvalue weighted by molar-refractivity contribution is 5.69. The number of carbonyl (C=O) groups excluding carboxylic acids is 2. The molecule has 1 aromatic carbocycles. The zero-order valence-corrected chi connectivity index (χ0v) is 19.2. The van der Waals surface area contributed by atoms with Crippen LogP contribution in [0, 0.1) is 17.7 Å². The number of carbonyl (C=O) groups is 2. The molecule has 0 bridgehead atoms. The second kappa shape index (κ2) is 9.00. The van der Waals surface area contributed by atoms with Gasteiger partial charge >= 0.3 is 12.2 Å². The van der Waals surface area contributed by atoms with Crippen molar-refractivity contribution in [2.75, 3.05) is 19.6 Å². The quantitative estimate of drug-likeness (QED) is 0.728. The van der Waals surface area contributed by atoms with E-state index in [1.54, 1.807) is 17.2 Å². The highest BCUT2D eigenvalue weighted by Crippen LogP contribution is 2.63. The lowest BCUT2D eigenvalue weighted by atomic mass is 9.95. The predicted molar refractivity (Wildman–Crippen MR) is 120 cm³/mol. The Hall–Kier alpha value is -3.16. The Kier molecular flexibility index (Phi) is 6.28. The first kappa shape index (κ1) is 23.0. The Bertz CT molecular complexity index is 1010. The van der Waals surface area contributed by atoms with Gasteiger partial charge in [-0.25, -0.2) is 14.0 Å². The van der Waals surface area contributed by atoms with E-state index in [-0.39, 0.29) is 31.1 Å². The molecule has 2 aliphatic rings. The van der Waals surface area contributed by atoms with E-state index in [4.69, 9.17) is 9.47 Å².